The molecular weight excluding hydrogens is 761 g/mol. The monoisotopic (exact) mass is 885 g/mol. The predicted molar refractivity (Wildman–Crippen MR) is 291 cm³/mol. The fraction of sp³-hybridized carbons (Fsp3) is 0.967. The van der Waals surface area contributed by atoms with Gasteiger partial charge in [0.1, 0.15) is 0 Å². The van der Waals surface area contributed by atoms with Gasteiger partial charge in [0.2, 0.25) is 0 Å². The minimum absolute atomic E-state index is 0.976. The van der Waals surface area contributed by atoms with Crippen LogP contribution in [0, 0.1) is 11.8 Å². The van der Waals surface area contributed by atoms with Crippen LogP contribution in [-0.4, -0.2) is 32.1 Å². The summed E-state index contributed by atoms with van der Waals surface area (Å²) in [7, 11) is 4.33. The Morgan fingerprint density at radius 3 is 0.778 bits per heavy atom. The highest BCUT2D eigenvalue weighted by molar-refractivity contribution is 4.90. The summed E-state index contributed by atoms with van der Waals surface area (Å²) >= 11 is 0. The van der Waals surface area contributed by atoms with Crippen LogP contribution in [0.4, 0.5) is 0 Å². The minimum atomic E-state index is 0.976. The number of hydrogen-bond acceptors (Lipinski definition) is 2. The molecule has 0 amide bonds. The Kier molecular flexibility index (Phi) is 53.7. The van der Waals surface area contributed by atoms with Gasteiger partial charge in [-0.25, -0.2) is 0 Å². The van der Waals surface area contributed by atoms with E-state index in [4.69, 9.17) is 0 Å². The minimum Gasteiger partial charge on any atom is -0.389 e. The molecule has 0 aromatic heterocycles. The largest absolute Gasteiger partial charge is 0.389 e. The molecule has 0 spiro atoms. The van der Waals surface area contributed by atoms with E-state index >= 15 is 0 Å². The molecule has 1 N–H and O–H groups in total. The van der Waals surface area contributed by atoms with Crippen LogP contribution in [0.2, 0.25) is 0 Å². The van der Waals surface area contributed by atoms with Crippen LogP contribution in [-0.2, 0) is 0 Å². The van der Waals surface area contributed by atoms with Crippen molar-refractivity contribution in [1.29, 1.82) is 0 Å². The molecule has 2 heteroatoms. The third-order valence-electron chi connectivity index (χ3n) is 14.9. The SMILES string of the molecule is C=C(CCCN(C)C)NCCCCCC(CCCCCCCCCCCCCCCCCC)CCCCCCCCC(CCCCCCCCCC)CCCCCCCCCCC. The second-order valence-corrected chi connectivity index (χ2v) is 21.7. The predicted octanol–water partition coefficient (Wildman–Crippen LogP) is 21.4. The lowest BCUT2D eigenvalue weighted by atomic mass is 9.88. The first kappa shape index (κ1) is 62.5. The van der Waals surface area contributed by atoms with Crippen LogP contribution in [0.25, 0.3) is 0 Å². The normalized spacial score (nSPS) is 12.7. The molecule has 0 radical (unpaired) electrons. The summed E-state index contributed by atoms with van der Waals surface area (Å²) in [5.41, 5.74) is 1.24. The second-order valence-electron chi connectivity index (χ2n) is 21.7. The van der Waals surface area contributed by atoms with E-state index in [9.17, 15) is 0 Å². The lowest BCUT2D eigenvalue weighted by Crippen LogP contribution is -2.17. The van der Waals surface area contributed by atoms with Crippen molar-refractivity contribution < 1.29 is 0 Å². The Morgan fingerprint density at radius 2 is 0.540 bits per heavy atom. The molecule has 0 aromatic rings. The zero-order chi connectivity index (χ0) is 45.8. The van der Waals surface area contributed by atoms with E-state index in [0.29, 0.717) is 0 Å². The van der Waals surface area contributed by atoms with Gasteiger partial charge < -0.3 is 10.2 Å². The van der Waals surface area contributed by atoms with E-state index in [1.807, 2.05) is 0 Å². The summed E-state index contributed by atoms with van der Waals surface area (Å²) in [6.45, 7) is 13.5. The maximum Gasteiger partial charge on any atom is 0.0143 e. The third-order valence-corrected chi connectivity index (χ3v) is 14.9. The summed E-state index contributed by atoms with van der Waals surface area (Å²) in [6.07, 6.45) is 72.8. The standard InChI is InChI=1S/C61H124N2/c1-7-10-13-16-19-22-23-24-25-26-27-28-30-33-38-44-54-61(56-47-41-48-57-62-59(4)50-49-58-63(5)6)55-46-40-35-34-39-45-53-60(51-42-36-31-21-18-15-12-9-3)52-43-37-32-29-20-17-14-11-8-2/h60-62H,4,7-58H2,1-3,5-6H3. The molecule has 0 aromatic carbocycles. The molecule has 378 valence electrons. The topological polar surface area (TPSA) is 15.3 Å². The highest BCUT2D eigenvalue weighted by Gasteiger charge is 2.11. The summed E-state index contributed by atoms with van der Waals surface area (Å²) in [5, 5.41) is 3.63. The fourth-order valence-electron chi connectivity index (χ4n) is 10.4. The van der Waals surface area contributed by atoms with Crippen molar-refractivity contribution in [2.45, 2.75) is 342 Å². The number of allylic oxidation sites excluding steroid dienone is 1. The molecule has 0 aliphatic carbocycles. The molecule has 2 unspecified atom stereocenters. The Balaban J connectivity index is 4.44. The van der Waals surface area contributed by atoms with Gasteiger partial charge in [0, 0.05) is 12.2 Å². The molecule has 63 heavy (non-hydrogen) atoms. The fourth-order valence-corrected chi connectivity index (χ4v) is 10.4. The average molecular weight is 886 g/mol. The van der Waals surface area contributed by atoms with Gasteiger partial charge >= 0.3 is 0 Å². The van der Waals surface area contributed by atoms with Crippen LogP contribution in [0.3, 0.4) is 0 Å². The first-order valence-corrected chi connectivity index (χ1v) is 30.1. The maximum absolute atomic E-state index is 4.29. The van der Waals surface area contributed by atoms with Crippen molar-refractivity contribution in [3.8, 4) is 0 Å². The molecule has 0 heterocycles. The summed E-state index contributed by atoms with van der Waals surface area (Å²) < 4.78 is 0. The number of nitrogens with one attached hydrogen (secondary N) is 1. The van der Waals surface area contributed by atoms with Gasteiger partial charge in [0.25, 0.3) is 0 Å². The maximum atomic E-state index is 4.29. The molecule has 2 atom stereocenters. The molecule has 0 rings (SSSR count). The van der Waals surface area contributed by atoms with E-state index < -0.39 is 0 Å². The van der Waals surface area contributed by atoms with Crippen LogP contribution in [0.5, 0.6) is 0 Å². The number of rotatable bonds is 56. The second kappa shape index (κ2) is 54.1. The summed E-state index contributed by atoms with van der Waals surface area (Å²) in [4.78, 5) is 2.28. The Morgan fingerprint density at radius 1 is 0.317 bits per heavy atom. The zero-order valence-electron chi connectivity index (χ0n) is 45.1. The highest BCUT2D eigenvalue weighted by atomic mass is 15.0. The van der Waals surface area contributed by atoms with Crippen LogP contribution < -0.4 is 5.32 Å². The summed E-state index contributed by atoms with van der Waals surface area (Å²) in [6, 6.07) is 0. The smallest absolute Gasteiger partial charge is 0.0143 e. The van der Waals surface area contributed by atoms with Gasteiger partial charge in [-0.05, 0) is 51.7 Å². The molecular formula is C61H124N2. The Hall–Kier alpha value is -0.500. The Bertz CT molecular complexity index is 835. The molecule has 0 aliphatic heterocycles. The first-order chi connectivity index (χ1) is 31.0. The van der Waals surface area contributed by atoms with E-state index in [0.717, 1.165) is 31.3 Å². The molecule has 0 saturated carbocycles. The van der Waals surface area contributed by atoms with Crippen molar-refractivity contribution in [1.82, 2.24) is 10.2 Å². The summed E-state index contributed by atoms with van der Waals surface area (Å²) in [5.74, 6) is 1.99. The van der Waals surface area contributed by atoms with E-state index in [2.05, 4.69) is 51.7 Å². The van der Waals surface area contributed by atoms with Crippen LogP contribution in [0.1, 0.15) is 342 Å². The average Bonchev–Trinajstić information content (AvgIpc) is 3.27. The number of hydrogen-bond donors (Lipinski definition) is 1. The number of nitrogens with zero attached hydrogens (tertiary/aromatic N) is 1. The van der Waals surface area contributed by atoms with Gasteiger partial charge in [-0.2, -0.15) is 0 Å². The van der Waals surface area contributed by atoms with Gasteiger partial charge in [0.05, 0.1) is 0 Å². The van der Waals surface area contributed by atoms with Gasteiger partial charge in [0.15, 0.2) is 0 Å². The quantitative estimate of drug-likeness (QED) is 0.0612. The van der Waals surface area contributed by atoms with Crippen molar-refractivity contribution in [3.05, 3.63) is 12.3 Å². The van der Waals surface area contributed by atoms with E-state index in [-0.39, 0.29) is 0 Å². The number of unbranched alkanes of at least 4 members (excludes halogenated alkanes) is 37. The van der Waals surface area contributed by atoms with Gasteiger partial charge in [-0.1, -0.05) is 329 Å². The molecule has 0 bridgehead atoms. The Labute approximate surface area is 401 Å². The van der Waals surface area contributed by atoms with Crippen LogP contribution in [0.15, 0.2) is 12.3 Å². The van der Waals surface area contributed by atoms with E-state index in [1.54, 1.807) is 0 Å². The van der Waals surface area contributed by atoms with Crippen molar-refractivity contribution in [2.75, 3.05) is 27.2 Å². The molecule has 0 saturated heterocycles. The van der Waals surface area contributed by atoms with E-state index in [1.165, 1.54) is 320 Å². The lowest BCUT2D eigenvalue weighted by Gasteiger charge is -2.18. The highest BCUT2D eigenvalue weighted by Crippen LogP contribution is 2.27. The van der Waals surface area contributed by atoms with Crippen molar-refractivity contribution >= 4 is 0 Å². The first-order valence-electron chi connectivity index (χ1n) is 30.1. The van der Waals surface area contributed by atoms with Gasteiger partial charge in [-0.3, -0.25) is 0 Å². The molecule has 2 nitrogen and oxygen atoms in total. The lowest BCUT2D eigenvalue weighted by molar-refractivity contribution is 0.358. The zero-order valence-corrected chi connectivity index (χ0v) is 45.1. The van der Waals surface area contributed by atoms with Crippen molar-refractivity contribution in [2.24, 2.45) is 11.8 Å². The molecule has 0 fully saturated rings. The van der Waals surface area contributed by atoms with Gasteiger partial charge in [-0.15, -0.1) is 0 Å². The van der Waals surface area contributed by atoms with Crippen molar-refractivity contribution in [3.63, 3.8) is 0 Å². The molecule has 0 aliphatic rings. The third kappa shape index (κ3) is 52.3. The van der Waals surface area contributed by atoms with Crippen LogP contribution >= 0.6 is 0 Å².